The fourth-order valence-corrected chi connectivity index (χ4v) is 1.99. The summed E-state index contributed by atoms with van der Waals surface area (Å²) in [6.07, 6.45) is 1.07. The Kier molecular flexibility index (Phi) is 4.20. The zero-order valence-corrected chi connectivity index (χ0v) is 11.9. The van der Waals surface area contributed by atoms with Crippen molar-refractivity contribution in [2.45, 2.75) is 19.9 Å². The molecule has 0 spiro atoms. The van der Waals surface area contributed by atoms with Crippen LogP contribution >= 0.6 is 0 Å². The summed E-state index contributed by atoms with van der Waals surface area (Å²) in [5, 5.41) is 14.2. The van der Waals surface area contributed by atoms with Gasteiger partial charge in [0.25, 0.3) is 0 Å². The number of aromatic nitrogens is 2. The van der Waals surface area contributed by atoms with Gasteiger partial charge in [0, 0.05) is 11.8 Å². The Morgan fingerprint density at radius 1 is 1.14 bits per heavy atom. The second-order valence-electron chi connectivity index (χ2n) is 4.66. The average molecular weight is 290 g/mol. The van der Waals surface area contributed by atoms with Gasteiger partial charge in [-0.3, -0.25) is 0 Å². The van der Waals surface area contributed by atoms with Gasteiger partial charge in [0.2, 0.25) is 5.89 Å². The average Bonchev–Trinajstić information content (AvgIpc) is 2.95. The maximum absolute atomic E-state index is 5.53. The minimum absolute atomic E-state index is 0.361. The number of fused-ring (bicyclic) bond motifs is 1. The van der Waals surface area contributed by atoms with Crippen LogP contribution in [0.4, 0.5) is 11.7 Å². The molecule has 0 saturated carbocycles. The van der Waals surface area contributed by atoms with E-state index in [1.54, 1.807) is 0 Å². The van der Waals surface area contributed by atoms with Crippen molar-refractivity contribution < 1.29 is 13.9 Å². The monoisotopic (exact) mass is 290 g/mol. The van der Waals surface area contributed by atoms with Crippen LogP contribution in [-0.4, -0.2) is 30.0 Å². The van der Waals surface area contributed by atoms with E-state index >= 15 is 0 Å². The zero-order chi connectivity index (χ0) is 14.5. The first-order chi connectivity index (χ1) is 10.3. The molecule has 1 aliphatic rings. The zero-order valence-electron chi connectivity index (χ0n) is 11.9. The summed E-state index contributed by atoms with van der Waals surface area (Å²) in [6.45, 7) is 4.74. The van der Waals surface area contributed by atoms with Crippen molar-refractivity contribution in [3.63, 3.8) is 0 Å². The van der Waals surface area contributed by atoms with E-state index < -0.39 is 0 Å². The molecule has 1 aromatic heterocycles. The van der Waals surface area contributed by atoms with Crippen molar-refractivity contribution in [1.82, 2.24) is 15.5 Å². The number of rotatable bonds is 6. The third-order valence-electron chi connectivity index (χ3n) is 2.96. The SMILES string of the molecule is CCCNCc1nnc(Nc2ccc3c(c2)OCCO3)o1. The van der Waals surface area contributed by atoms with Crippen LogP contribution in [0.5, 0.6) is 11.5 Å². The molecule has 3 rings (SSSR count). The molecule has 0 aliphatic carbocycles. The molecule has 1 aliphatic heterocycles. The van der Waals surface area contributed by atoms with Crippen LogP contribution in [0, 0.1) is 0 Å². The highest BCUT2D eigenvalue weighted by Crippen LogP contribution is 2.33. The summed E-state index contributed by atoms with van der Waals surface area (Å²) in [5.41, 5.74) is 0.816. The van der Waals surface area contributed by atoms with E-state index in [0.29, 0.717) is 31.7 Å². The van der Waals surface area contributed by atoms with Crippen molar-refractivity contribution in [1.29, 1.82) is 0 Å². The lowest BCUT2D eigenvalue weighted by Crippen LogP contribution is -2.15. The van der Waals surface area contributed by atoms with Crippen LogP contribution in [0.15, 0.2) is 22.6 Å². The molecule has 7 heteroatoms. The third kappa shape index (κ3) is 3.43. The molecule has 2 aromatic rings. The summed E-state index contributed by atoms with van der Waals surface area (Å²) < 4.78 is 16.5. The fourth-order valence-electron chi connectivity index (χ4n) is 1.99. The van der Waals surface area contributed by atoms with E-state index in [9.17, 15) is 0 Å². The minimum atomic E-state index is 0.361. The molecule has 7 nitrogen and oxygen atoms in total. The van der Waals surface area contributed by atoms with Gasteiger partial charge in [0.15, 0.2) is 11.5 Å². The quantitative estimate of drug-likeness (QED) is 0.788. The molecule has 1 aromatic carbocycles. The minimum Gasteiger partial charge on any atom is -0.486 e. The van der Waals surface area contributed by atoms with Gasteiger partial charge in [-0.2, -0.15) is 0 Å². The molecule has 112 valence electrons. The van der Waals surface area contributed by atoms with Crippen LogP contribution in [-0.2, 0) is 6.54 Å². The van der Waals surface area contributed by atoms with Gasteiger partial charge >= 0.3 is 6.01 Å². The van der Waals surface area contributed by atoms with Crippen LogP contribution in [0.25, 0.3) is 0 Å². The highest BCUT2D eigenvalue weighted by atomic mass is 16.6. The van der Waals surface area contributed by atoms with Crippen LogP contribution in [0.3, 0.4) is 0 Å². The Hall–Kier alpha value is -2.28. The third-order valence-corrected chi connectivity index (χ3v) is 2.96. The van der Waals surface area contributed by atoms with Gasteiger partial charge in [-0.15, -0.1) is 5.10 Å². The number of ether oxygens (including phenoxy) is 2. The molecular weight excluding hydrogens is 272 g/mol. The van der Waals surface area contributed by atoms with Gasteiger partial charge in [0.1, 0.15) is 13.2 Å². The van der Waals surface area contributed by atoms with Crippen LogP contribution < -0.4 is 20.1 Å². The van der Waals surface area contributed by atoms with Crippen molar-refractivity contribution in [2.75, 3.05) is 25.1 Å². The summed E-state index contributed by atoms with van der Waals surface area (Å²) in [4.78, 5) is 0. The lowest BCUT2D eigenvalue weighted by atomic mass is 10.2. The molecule has 0 saturated heterocycles. The predicted octanol–water partition coefficient (Wildman–Crippen LogP) is 2.08. The molecule has 21 heavy (non-hydrogen) atoms. The molecule has 2 N–H and O–H groups in total. The number of benzene rings is 1. The lowest BCUT2D eigenvalue weighted by molar-refractivity contribution is 0.171. The largest absolute Gasteiger partial charge is 0.486 e. The maximum atomic E-state index is 5.53. The van der Waals surface area contributed by atoms with Gasteiger partial charge in [0.05, 0.1) is 6.54 Å². The predicted molar refractivity (Wildman–Crippen MR) is 77.0 cm³/mol. The van der Waals surface area contributed by atoms with E-state index in [-0.39, 0.29) is 0 Å². The molecular formula is C14H18N4O3. The molecule has 2 heterocycles. The second-order valence-corrected chi connectivity index (χ2v) is 4.66. The molecule has 0 unspecified atom stereocenters. The Balaban J connectivity index is 1.63. The van der Waals surface area contributed by atoms with Crippen LogP contribution in [0.2, 0.25) is 0 Å². The standard InChI is InChI=1S/C14H18N4O3/c1-2-5-15-9-13-17-18-14(21-13)16-10-3-4-11-12(8-10)20-7-6-19-11/h3-4,8,15H,2,5-7,9H2,1H3,(H,16,18). The first-order valence-electron chi connectivity index (χ1n) is 7.05. The number of nitrogens with zero attached hydrogens (tertiary/aromatic N) is 2. The summed E-state index contributed by atoms with van der Waals surface area (Å²) in [5.74, 6) is 2.03. The Bertz CT molecular complexity index is 600. The Morgan fingerprint density at radius 3 is 2.86 bits per heavy atom. The first-order valence-corrected chi connectivity index (χ1v) is 7.05. The Morgan fingerprint density at radius 2 is 2.00 bits per heavy atom. The van der Waals surface area contributed by atoms with E-state index in [1.165, 1.54) is 0 Å². The first kappa shape index (κ1) is 13.7. The van der Waals surface area contributed by atoms with Gasteiger partial charge in [-0.25, -0.2) is 0 Å². The van der Waals surface area contributed by atoms with Crippen molar-refractivity contribution in [3.05, 3.63) is 24.1 Å². The topological polar surface area (TPSA) is 81.4 Å². The number of nitrogens with one attached hydrogen (secondary N) is 2. The molecule has 0 amide bonds. The van der Waals surface area contributed by atoms with E-state index in [0.717, 1.165) is 30.2 Å². The van der Waals surface area contributed by atoms with Gasteiger partial charge in [-0.05, 0) is 25.1 Å². The second kappa shape index (κ2) is 6.45. The number of hydrogen-bond acceptors (Lipinski definition) is 7. The van der Waals surface area contributed by atoms with Crippen molar-refractivity contribution in [3.8, 4) is 11.5 Å². The summed E-state index contributed by atoms with van der Waals surface area (Å²) >= 11 is 0. The number of hydrogen-bond donors (Lipinski definition) is 2. The highest BCUT2D eigenvalue weighted by molar-refractivity contribution is 5.59. The molecule has 0 fully saturated rings. The normalized spacial score (nSPS) is 13.2. The highest BCUT2D eigenvalue weighted by Gasteiger charge is 2.13. The van der Waals surface area contributed by atoms with Crippen LogP contribution in [0.1, 0.15) is 19.2 Å². The van der Waals surface area contributed by atoms with E-state index in [4.69, 9.17) is 13.9 Å². The maximum Gasteiger partial charge on any atom is 0.320 e. The Labute approximate surface area is 122 Å². The van der Waals surface area contributed by atoms with Gasteiger partial charge < -0.3 is 24.5 Å². The molecule has 0 radical (unpaired) electrons. The fraction of sp³-hybridized carbons (Fsp3) is 0.429. The van der Waals surface area contributed by atoms with E-state index in [2.05, 4.69) is 27.8 Å². The molecule has 0 atom stereocenters. The van der Waals surface area contributed by atoms with Gasteiger partial charge in [-0.1, -0.05) is 12.0 Å². The van der Waals surface area contributed by atoms with Crippen molar-refractivity contribution >= 4 is 11.7 Å². The summed E-state index contributed by atoms with van der Waals surface area (Å²) in [7, 11) is 0. The number of anilines is 2. The smallest absolute Gasteiger partial charge is 0.320 e. The lowest BCUT2D eigenvalue weighted by Gasteiger charge is -2.18. The van der Waals surface area contributed by atoms with Crippen molar-refractivity contribution in [2.24, 2.45) is 0 Å². The van der Waals surface area contributed by atoms with E-state index in [1.807, 2.05) is 18.2 Å². The molecule has 0 bridgehead atoms. The summed E-state index contributed by atoms with van der Waals surface area (Å²) in [6, 6.07) is 5.96.